The van der Waals surface area contributed by atoms with Crippen LogP contribution in [0.4, 0.5) is 0 Å². The monoisotopic (exact) mass is 233 g/mol. The number of likely N-dealkylation sites (tertiary alicyclic amines) is 1. The van der Waals surface area contributed by atoms with Gasteiger partial charge in [-0.15, -0.1) is 0 Å². The number of rotatable bonds is 1. The molecule has 0 aromatic heterocycles. The molecule has 3 aliphatic rings. The summed E-state index contributed by atoms with van der Waals surface area (Å²) in [6, 6.07) is 1.62. The molecule has 0 saturated carbocycles. The molecule has 1 saturated heterocycles. The van der Waals surface area contributed by atoms with E-state index >= 15 is 0 Å². The molecule has 2 aliphatic carbocycles. The Hall–Kier alpha value is -0.300. The number of likely N-dealkylation sites (N-methyl/N-ethyl adjacent to an activating group) is 1. The van der Waals surface area contributed by atoms with Gasteiger partial charge in [-0.3, -0.25) is 4.90 Å². The van der Waals surface area contributed by atoms with Crippen LogP contribution in [-0.2, 0) is 0 Å². The third kappa shape index (κ3) is 1.62. The topological polar surface area (TPSA) is 3.24 Å². The molecule has 17 heavy (non-hydrogen) atoms. The fourth-order valence-corrected chi connectivity index (χ4v) is 4.93. The van der Waals surface area contributed by atoms with E-state index in [2.05, 4.69) is 32.6 Å². The van der Waals surface area contributed by atoms with Crippen LogP contribution in [0.25, 0.3) is 0 Å². The molecular formula is C16H27N. The van der Waals surface area contributed by atoms with Crippen molar-refractivity contribution in [3.8, 4) is 0 Å². The van der Waals surface area contributed by atoms with Crippen molar-refractivity contribution in [1.29, 1.82) is 0 Å². The van der Waals surface area contributed by atoms with Gasteiger partial charge >= 0.3 is 0 Å². The van der Waals surface area contributed by atoms with E-state index in [4.69, 9.17) is 0 Å². The number of hydrogen-bond donors (Lipinski definition) is 0. The Kier molecular flexibility index (Phi) is 2.66. The molecule has 1 fully saturated rings. The van der Waals surface area contributed by atoms with Crippen LogP contribution in [0.5, 0.6) is 0 Å². The summed E-state index contributed by atoms with van der Waals surface area (Å²) in [5, 5.41) is 0. The van der Waals surface area contributed by atoms with Crippen molar-refractivity contribution < 1.29 is 0 Å². The first kappa shape index (κ1) is 11.8. The van der Waals surface area contributed by atoms with E-state index in [1.54, 1.807) is 0 Å². The van der Waals surface area contributed by atoms with Gasteiger partial charge in [-0.2, -0.15) is 0 Å². The summed E-state index contributed by atoms with van der Waals surface area (Å²) in [4.78, 5) is 2.83. The van der Waals surface area contributed by atoms with Gasteiger partial charge < -0.3 is 0 Å². The van der Waals surface area contributed by atoms with Gasteiger partial charge in [0.1, 0.15) is 0 Å². The normalized spacial score (nSPS) is 37.8. The Morgan fingerprint density at radius 3 is 2.59 bits per heavy atom. The molecule has 3 atom stereocenters. The minimum atomic E-state index is 0.431. The molecule has 1 heteroatoms. The van der Waals surface area contributed by atoms with Gasteiger partial charge in [-0.1, -0.05) is 33.3 Å². The zero-order valence-corrected chi connectivity index (χ0v) is 11.9. The first-order valence-electron chi connectivity index (χ1n) is 7.51. The zero-order valence-electron chi connectivity index (χ0n) is 11.9. The highest BCUT2D eigenvalue weighted by atomic mass is 15.2. The Bertz CT molecular complexity index is 347. The highest BCUT2D eigenvalue weighted by Gasteiger charge is 2.51. The summed E-state index contributed by atoms with van der Waals surface area (Å²) in [6.45, 7) is 10.9. The first-order valence-corrected chi connectivity index (χ1v) is 7.51. The standard InChI is InChI=1S/C16H27N/c1-5-17-13-10-9-11-7-6-8-12(14(11)13)15(17)16(2,3)4/h12-13,15H,5-10H2,1-4H3. The largest absolute Gasteiger partial charge is 0.293 e. The summed E-state index contributed by atoms with van der Waals surface area (Å²) < 4.78 is 0. The quantitative estimate of drug-likeness (QED) is 0.619. The molecule has 0 N–H and O–H groups in total. The molecule has 1 aliphatic heterocycles. The second-order valence-corrected chi connectivity index (χ2v) is 7.25. The average molecular weight is 233 g/mol. The second-order valence-electron chi connectivity index (χ2n) is 7.25. The van der Waals surface area contributed by atoms with E-state index < -0.39 is 0 Å². The van der Waals surface area contributed by atoms with Crippen LogP contribution in [0.1, 0.15) is 59.8 Å². The van der Waals surface area contributed by atoms with E-state index in [0.717, 1.165) is 18.0 Å². The van der Waals surface area contributed by atoms with Gasteiger partial charge in [0.25, 0.3) is 0 Å². The molecule has 0 spiro atoms. The molecule has 0 bridgehead atoms. The van der Waals surface area contributed by atoms with Gasteiger partial charge in [0, 0.05) is 12.1 Å². The van der Waals surface area contributed by atoms with Crippen LogP contribution in [0, 0.1) is 11.3 Å². The lowest BCUT2D eigenvalue weighted by Gasteiger charge is -2.40. The minimum absolute atomic E-state index is 0.431. The molecule has 1 heterocycles. The Labute approximate surface area is 106 Å². The lowest BCUT2D eigenvalue weighted by Crippen LogP contribution is -2.45. The SMILES string of the molecule is CCN1C2CCC3=C2C(CCC3)C1C(C)(C)C. The summed E-state index contributed by atoms with van der Waals surface area (Å²) in [5.41, 5.74) is 4.19. The van der Waals surface area contributed by atoms with Gasteiger partial charge in [0.05, 0.1) is 0 Å². The Morgan fingerprint density at radius 1 is 1.18 bits per heavy atom. The smallest absolute Gasteiger partial charge is 0.0319 e. The molecule has 1 nitrogen and oxygen atoms in total. The van der Waals surface area contributed by atoms with Gasteiger partial charge in [-0.05, 0) is 55.6 Å². The predicted octanol–water partition coefficient (Wildman–Crippen LogP) is 4.00. The second kappa shape index (κ2) is 3.85. The highest BCUT2D eigenvalue weighted by Crippen LogP contribution is 2.54. The van der Waals surface area contributed by atoms with Gasteiger partial charge in [0.15, 0.2) is 0 Å². The van der Waals surface area contributed by atoms with E-state index in [0.29, 0.717) is 5.41 Å². The maximum atomic E-state index is 2.83. The van der Waals surface area contributed by atoms with E-state index in [1.807, 2.05) is 11.1 Å². The Morgan fingerprint density at radius 2 is 1.94 bits per heavy atom. The summed E-state index contributed by atoms with van der Waals surface area (Å²) in [5.74, 6) is 0.895. The molecule has 3 unspecified atom stereocenters. The van der Waals surface area contributed by atoms with Crippen LogP contribution in [0.15, 0.2) is 11.1 Å². The van der Waals surface area contributed by atoms with Crippen LogP contribution < -0.4 is 0 Å². The third-order valence-electron chi connectivity index (χ3n) is 5.27. The Balaban J connectivity index is 2.03. The summed E-state index contributed by atoms with van der Waals surface area (Å²) >= 11 is 0. The van der Waals surface area contributed by atoms with Crippen molar-refractivity contribution >= 4 is 0 Å². The summed E-state index contributed by atoms with van der Waals surface area (Å²) in [6.07, 6.45) is 7.14. The number of allylic oxidation sites excluding steroid dienone is 1. The van der Waals surface area contributed by atoms with Crippen molar-refractivity contribution in [2.45, 2.75) is 71.9 Å². The number of hydrogen-bond acceptors (Lipinski definition) is 1. The zero-order chi connectivity index (χ0) is 12.2. The average Bonchev–Trinajstić information content (AvgIpc) is 2.81. The highest BCUT2D eigenvalue weighted by molar-refractivity contribution is 5.36. The fraction of sp³-hybridized carbons (Fsp3) is 0.875. The van der Waals surface area contributed by atoms with Crippen molar-refractivity contribution in [3.63, 3.8) is 0 Å². The van der Waals surface area contributed by atoms with Crippen LogP contribution in [0.2, 0.25) is 0 Å². The lowest BCUT2D eigenvalue weighted by atomic mass is 9.73. The third-order valence-corrected chi connectivity index (χ3v) is 5.27. The summed E-state index contributed by atoms with van der Waals surface area (Å²) in [7, 11) is 0. The van der Waals surface area contributed by atoms with Crippen molar-refractivity contribution in [3.05, 3.63) is 11.1 Å². The van der Waals surface area contributed by atoms with Gasteiger partial charge in [-0.25, -0.2) is 0 Å². The maximum absolute atomic E-state index is 2.83. The van der Waals surface area contributed by atoms with Crippen molar-refractivity contribution in [2.24, 2.45) is 11.3 Å². The lowest BCUT2D eigenvalue weighted by molar-refractivity contribution is 0.0860. The molecule has 3 rings (SSSR count). The molecule has 96 valence electrons. The van der Waals surface area contributed by atoms with Crippen LogP contribution >= 0.6 is 0 Å². The molecule has 0 amide bonds. The minimum Gasteiger partial charge on any atom is -0.293 e. The van der Waals surface area contributed by atoms with Crippen LogP contribution in [-0.4, -0.2) is 23.5 Å². The molecule has 0 aromatic carbocycles. The van der Waals surface area contributed by atoms with Crippen molar-refractivity contribution in [1.82, 2.24) is 4.90 Å². The van der Waals surface area contributed by atoms with Crippen molar-refractivity contribution in [2.75, 3.05) is 6.54 Å². The van der Waals surface area contributed by atoms with Crippen LogP contribution in [0.3, 0.4) is 0 Å². The van der Waals surface area contributed by atoms with Gasteiger partial charge in [0.2, 0.25) is 0 Å². The molecule has 0 aromatic rings. The fourth-order valence-electron chi connectivity index (χ4n) is 4.93. The predicted molar refractivity (Wildman–Crippen MR) is 73.0 cm³/mol. The number of nitrogens with zero attached hydrogens (tertiary/aromatic N) is 1. The molecular weight excluding hydrogens is 206 g/mol. The van der Waals surface area contributed by atoms with E-state index in [-0.39, 0.29) is 0 Å². The van der Waals surface area contributed by atoms with E-state index in [1.165, 1.54) is 38.6 Å². The van der Waals surface area contributed by atoms with E-state index in [9.17, 15) is 0 Å². The first-order chi connectivity index (χ1) is 8.04. The molecule has 0 radical (unpaired) electrons. The maximum Gasteiger partial charge on any atom is 0.0319 e.